The van der Waals surface area contributed by atoms with Crippen LogP contribution in [0.4, 0.5) is 49.1 Å². The summed E-state index contributed by atoms with van der Waals surface area (Å²) in [6.07, 6.45) is -6.31. The third-order valence-electron chi connectivity index (χ3n) is 7.43. The molecule has 2 heterocycles. The highest BCUT2D eigenvalue weighted by molar-refractivity contribution is 6.11. The van der Waals surface area contributed by atoms with Crippen LogP contribution in [-0.4, -0.2) is 42.9 Å². The van der Waals surface area contributed by atoms with Crippen LogP contribution in [-0.2, 0) is 18.9 Å². The van der Waals surface area contributed by atoms with E-state index >= 15 is 0 Å². The van der Waals surface area contributed by atoms with Crippen LogP contribution in [0.25, 0.3) is 0 Å². The molecule has 3 aromatic rings. The molecule has 1 fully saturated rings. The monoisotopic (exact) mass is 605 g/mol. The number of benzene rings is 3. The number of nitrogens with zero attached hydrogens (tertiary/aromatic N) is 1. The molecule has 3 aromatic carbocycles. The lowest BCUT2D eigenvalue weighted by atomic mass is 10.0. The molecule has 5 rings (SSSR count). The summed E-state index contributed by atoms with van der Waals surface area (Å²) in [5.41, 5.74) is -1.56. The maximum absolute atomic E-state index is 13.3. The number of rotatable bonds is 8. The number of nitrogens with one attached hydrogen (secondary N) is 4. The van der Waals surface area contributed by atoms with Gasteiger partial charge in [0.2, 0.25) is 0 Å². The quantitative estimate of drug-likeness (QED) is 0.211. The van der Waals surface area contributed by atoms with Gasteiger partial charge in [0.1, 0.15) is 0 Å². The third kappa shape index (κ3) is 7.22. The molecule has 0 aliphatic carbocycles. The fraction of sp³-hybridized carbons (Fsp3) is 0.333. The summed E-state index contributed by atoms with van der Waals surface area (Å²) in [6, 6.07) is 10.8. The van der Waals surface area contributed by atoms with E-state index in [2.05, 4.69) is 26.2 Å². The molecule has 0 aromatic heterocycles. The molecule has 1 saturated heterocycles. The summed E-state index contributed by atoms with van der Waals surface area (Å²) in [4.78, 5) is 28.0. The fourth-order valence-corrected chi connectivity index (χ4v) is 5.23. The minimum absolute atomic E-state index is 0.0386. The number of anilines is 4. The number of carbonyl (C=O) groups is 2. The molecule has 228 valence electrons. The lowest BCUT2D eigenvalue weighted by Gasteiger charge is -2.26. The lowest BCUT2D eigenvalue weighted by Crippen LogP contribution is -2.33. The second-order valence-electron chi connectivity index (χ2n) is 10.5. The van der Waals surface area contributed by atoms with Gasteiger partial charge in [0.05, 0.1) is 22.4 Å². The summed E-state index contributed by atoms with van der Waals surface area (Å²) in [6.45, 7) is 3.86. The topological polar surface area (TPSA) is 85.5 Å². The van der Waals surface area contributed by atoms with Gasteiger partial charge in [-0.05, 0) is 80.5 Å². The summed E-state index contributed by atoms with van der Waals surface area (Å²) >= 11 is 0. The van der Waals surface area contributed by atoms with E-state index in [9.17, 15) is 35.9 Å². The second-order valence-corrected chi connectivity index (χ2v) is 10.5. The average Bonchev–Trinajstić information content (AvgIpc) is 3.36. The maximum atomic E-state index is 13.3. The Morgan fingerprint density at radius 3 is 2.07 bits per heavy atom. The zero-order valence-corrected chi connectivity index (χ0v) is 22.9. The van der Waals surface area contributed by atoms with E-state index in [1.165, 1.54) is 31.4 Å². The highest BCUT2D eigenvalue weighted by Gasteiger charge is 2.37. The summed E-state index contributed by atoms with van der Waals surface area (Å²) in [7, 11) is 0. The number of likely N-dealkylation sites (tertiary alicyclic amines) is 1. The minimum atomic E-state index is -5.01. The molecule has 2 amide bonds. The first-order chi connectivity index (χ1) is 20.4. The van der Waals surface area contributed by atoms with Gasteiger partial charge in [-0.2, -0.15) is 26.3 Å². The summed E-state index contributed by atoms with van der Waals surface area (Å²) < 4.78 is 79.9. The van der Waals surface area contributed by atoms with E-state index in [0.29, 0.717) is 23.3 Å². The third-order valence-corrected chi connectivity index (χ3v) is 7.43. The van der Waals surface area contributed by atoms with E-state index in [4.69, 9.17) is 0 Å². The molecular weight excluding hydrogens is 576 g/mol. The Balaban J connectivity index is 1.30. The zero-order chi connectivity index (χ0) is 30.8. The van der Waals surface area contributed by atoms with Crippen molar-refractivity contribution in [2.75, 3.05) is 42.1 Å². The number of hydrogen-bond donors (Lipinski definition) is 4. The van der Waals surface area contributed by atoms with Crippen molar-refractivity contribution in [3.63, 3.8) is 0 Å². The lowest BCUT2D eigenvalue weighted by molar-refractivity contribution is -0.143. The van der Waals surface area contributed by atoms with Gasteiger partial charge in [0, 0.05) is 47.8 Å². The van der Waals surface area contributed by atoms with Crippen molar-refractivity contribution < 1.29 is 35.9 Å². The van der Waals surface area contributed by atoms with E-state index in [-0.39, 0.29) is 29.5 Å². The Hall–Kier alpha value is -4.26. The summed E-state index contributed by atoms with van der Waals surface area (Å²) in [5, 5.41) is 11.2. The Kier molecular flexibility index (Phi) is 8.54. The van der Waals surface area contributed by atoms with Crippen molar-refractivity contribution in [3.05, 3.63) is 82.4 Å². The molecule has 0 atom stereocenters. The van der Waals surface area contributed by atoms with Crippen LogP contribution >= 0.6 is 0 Å². The molecule has 0 bridgehead atoms. The standard InChI is InChI=1S/C30H29F6N5O2/c31-29(32,33)19-14-20(30(34,35)36)16-22(15-19)39-24-8-9-25(26-23(24)17-38-28(26)43)40-27(42)18-4-6-21(7-5-18)37-10-13-41-11-2-1-3-12-41/h4-9,14-16,37,39H,1-3,10-13,17H2,(H,38,43)(H,40,42). The average molecular weight is 606 g/mol. The zero-order valence-electron chi connectivity index (χ0n) is 22.9. The van der Waals surface area contributed by atoms with Crippen LogP contribution in [0.15, 0.2) is 54.6 Å². The first-order valence-electron chi connectivity index (χ1n) is 13.8. The van der Waals surface area contributed by atoms with E-state index in [0.717, 1.165) is 31.9 Å². The first-order valence-corrected chi connectivity index (χ1v) is 13.8. The molecule has 0 radical (unpaired) electrons. The SMILES string of the molecule is O=C(Nc1ccc(Nc2cc(C(F)(F)F)cc(C(F)(F)F)c2)c2c1C(=O)NC2)c1ccc(NCCN2CCCCC2)cc1. The number of carbonyl (C=O) groups excluding carboxylic acids is 2. The van der Waals surface area contributed by atoms with Crippen molar-refractivity contribution in [3.8, 4) is 0 Å². The fourth-order valence-electron chi connectivity index (χ4n) is 5.23. The molecule has 2 aliphatic heterocycles. The molecule has 2 aliphatic rings. The normalized spacial score (nSPS) is 15.5. The van der Waals surface area contributed by atoms with Crippen LogP contribution in [0, 0.1) is 0 Å². The van der Waals surface area contributed by atoms with Crippen molar-refractivity contribution in [2.24, 2.45) is 0 Å². The van der Waals surface area contributed by atoms with Gasteiger partial charge in [-0.1, -0.05) is 6.42 Å². The predicted octanol–water partition coefficient (Wildman–Crippen LogP) is 6.86. The van der Waals surface area contributed by atoms with E-state index in [1.54, 1.807) is 24.3 Å². The highest BCUT2D eigenvalue weighted by atomic mass is 19.4. The summed E-state index contributed by atoms with van der Waals surface area (Å²) in [5.74, 6) is -1.03. The van der Waals surface area contributed by atoms with Crippen molar-refractivity contribution in [1.82, 2.24) is 10.2 Å². The molecule has 7 nitrogen and oxygen atoms in total. The van der Waals surface area contributed by atoms with Gasteiger partial charge in [0.25, 0.3) is 11.8 Å². The molecule has 0 unspecified atom stereocenters. The number of piperidine rings is 1. The van der Waals surface area contributed by atoms with Gasteiger partial charge in [-0.25, -0.2) is 0 Å². The highest BCUT2D eigenvalue weighted by Crippen LogP contribution is 2.39. The molecule has 43 heavy (non-hydrogen) atoms. The number of hydrogen-bond acceptors (Lipinski definition) is 5. The molecule has 13 heteroatoms. The van der Waals surface area contributed by atoms with Crippen molar-refractivity contribution >= 4 is 34.6 Å². The Morgan fingerprint density at radius 2 is 1.44 bits per heavy atom. The molecule has 0 saturated carbocycles. The van der Waals surface area contributed by atoms with Crippen LogP contribution in [0.3, 0.4) is 0 Å². The number of halogens is 6. The first kappa shape index (κ1) is 30.2. The van der Waals surface area contributed by atoms with Gasteiger partial charge in [-0.3, -0.25) is 9.59 Å². The Morgan fingerprint density at radius 1 is 0.814 bits per heavy atom. The molecule has 0 spiro atoms. The van der Waals surface area contributed by atoms with E-state index in [1.807, 2.05) is 0 Å². The second kappa shape index (κ2) is 12.2. The van der Waals surface area contributed by atoms with Gasteiger partial charge in [0.15, 0.2) is 0 Å². The smallest absolute Gasteiger partial charge is 0.384 e. The van der Waals surface area contributed by atoms with Crippen LogP contribution in [0.5, 0.6) is 0 Å². The minimum Gasteiger partial charge on any atom is -0.384 e. The number of alkyl halides is 6. The van der Waals surface area contributed by atoms with Crippen molar-refractivity contribution in [1.29, 1.82) is 0 Å². The van der Waals surface area contributed by atoms with Gasteiger partial charge >= 0.3 is 12.4 Å². The van der Waals surface area contributed by atoms with Gasteiger partial charge < -0.3 is 26.2 Å². The molecular formula is C30H29F6N5O2. The molecule has 4 N–H and O–H groups in total. The Labute approximate surface area is 243 Å². The van der Waals surface area contributed by atoms with Crippen LogP contribution in [0.2, 0.25) is 0 Å². The Bertz CT molecular complexity index is 1470. The van der Waals surface area contributed by atoms with Crippen molar-refractivity contribution in [2.45, 2.75) is 38.2 Å². The largest absolute Gasteiger partial charge is 0.416 e. The predicted molar refractivity (Wildman–Crippen MR) is 151 cm³/mol. The number of fused-ring (bicyclic) bond motifs is 1. The van der Waals surface area contributed by atoms with Gasteiger partial charge in [-0.15, -0.1) is 0 Å². The van der Waals surface area contributed by atoms with Crippen LogP contribution in [0.1, 0.15) is 56.7 Å². The van der Waals surface area contributed by atoms with Crippen LogP contribution < -0.4 is 21.3 Å². The maximum Gasteiger partial charge on any atom is 0.416 e. The number of amides is 2. The van der Waals surface area contributed by atoms with E-state index < -0.39 is 41.0 Å².